The normalized spacial score (nSPS) is 16.6. The Morgan fingerprint density at radius 2 is 1.85 bits per heavy atom. The highest BCUT2D eigenvalue weighted by atomic mass is 35.5. The maximum atomic E-state index is 13.4. The van der Waals surface area contributed by atoms with Crippen molar-refractivity contribution in [1.82, 2.24) is 4.72 Å². The summed E-state index contributed by atoms with van der Waals surface area (Å²) in [5, 5.41) is 0. The van der Waals surface area contributed by atoms with Gasteiger partial charge in [0.1, 0.15) is 4.90 Å². The number of hydrogen-bond donors (Lipinski definition) is 2. The van der Waals surface area contributed by atoms with Crippen molar-refractivity contribution in [3.05, 3.63) is 29.6 Å². The third-order valence-electron chi connectivity index (χ3n) is 3.03. The van der Waals surface area contributed by atoms with E-state index in [4.69, 9.17) is 5.73 Å². The molecule has 0 amide bonds. The summed E-state index contributed by atoms with van der Waals surface area (Å²) in [5.74, 6) is -4.72. The van der Waals surface area contributed by atoms with Gasteiger partial charge < -0.3 is 5.73 Å². The third kappa shape index (κ3) is 3.63. The summed E-state index contributed by atoms with van der Waals surface area (Å²) in [6.07, 6.45) is 1.87. The van der Waals surface area contributed by atoms with Gasteiger partial charge >= 0.3 is 0 Å². The molecule has 0 spiro atoms. The van der Waals surface area contributed by atoms with Gasteiger partial charge in [-0.3, -0.25) is 0 Å². The van der Waals surface area contributed by atoms with E-state index in [9.17, 15) is 21.6 Å². The highest BCUT2D eigenvalue weighted by Crippen LogP contribution is 2.31. The van der Waals surface area contributed by atoms with Gasteiger partial charge in [-0.05, 0) is 30.9 Å². The molecule has 4 nitrogen and oxygen atoms in total. The number of benzene rings is 1. The van der Waals surface area contributed by atoms with Crippen LogP contribution in [0.25, 0.3) is 0 Å². The first-order chi connectivity index (χ1) is 8.83. The summed E-state index contributed by atoms with van der Waals surface area (Å²) in [4.78, 5) is -0.922. The van der Waals surface area contributed by atoms with Crippen LogP contribution in [0.15, 0.2) is 17.0 Å². The SMILES string of the molecule is Cl.NC(CNS(=O)(=O)c1ccc(F)c(F)c1F)C1CC1. The van der Waals surface area contributed by atoms with E-state index < -0.39 is 32.4 Å². The molecule has 1 fully saturated rings. The van der Waals surface area contributed by atoms with Crippen LogP contribution in [0.4, 0.5) is 13.2 Å². The van der Waals surface area contributed by atoms with Crippen molar-refractivity contribution in [2.45, 2.75) is 23.8 Å². The Kier molecular flexibility index (Phi) is 5.42. The molecule has 2 rings (SSSR count). The lowest BCUT2D eigenvalue weighted by molar-refractivity contribution is 0.431. The fourth-order valence-electron chi connectivity index (χ4n) is 1.69. The maximum absolute atomic E-state index is 13.4. The van der Waals surface area contributed by atoms with Crippen molar-refractivity contribution in [2.24, 2.45) is 11.7 Å². The minimum atomic E-state index is -4.24. The van der Waals surface area contributed by atoms with Crippen molar-refractivity contribution < 1.29 is 21.6 Å². The molecule has 9 heteroatoms. The van der Waals surface area contributed by atoms with Crippen LogP contribution in [0.1, 0.15) is 12.8 Å². The molecular formula is C11H14ClF3N2O2S. The molecule has 1 aliphatic carbocycles. The lowest BCUT2D eigenvalue weighted by atomic mass is 10.2. The second-order valence-corrected chi connectivity index (χ2v) is 6.26. The zero-order valence-electron chi connectivity index (χ0n) is 10.3. The maximum Gasteiger partial charge on any atom is 0.243 e. The van der Waals surface area contributed by atoms with Crippen LogP contribution in [-0.2, 0) is 10.0 Å². The third-order valence-corrected chi connectivity index (χ3v) is 4.47. The van der Waals surface area contributed by atoms with E-state index in [0.29, 0.717) is 12.1 Å². The summed E-state index contributed by atoms with van der Waals surface area (Å²) >= 11 is 0. The van der Waals surface area contributed by atoms with E-state index in [0.717, 1.165) is 12.8 Å². The highest BCUT2D eigenvalue weighted by molar-refractivity contribution is 7.89. The molecule has 0 saturated heterocycles. The van der Waals surface area contributed by atoms with Crippen molar-refractivity contribution in [1.29, 1.82) is 0 Å². The van der Waals surface area contributed by atoms with Gasteiger partial charge in [0.15, 0.2) is 17.5 Å². The molecule has 1 aromatic rings. The Bertz CT molecular complexity index is 594. The molecule has 0 heterocycles. The molecule has 1 aliphatic rings. The standard InChI is InChI=1S/C11H13F3N2O2S.ClH/c12-7-3-4-9(11(14)10(7)13)19(17,18)16-5-8(15)6-1-2-6;/h3-4,6,8,16H,1-2,5,15H2;1H. The Labute approximate surface area is 121 Å². The van der Waals surface area contributed by atoms with Crippen LogP contribution in [0.2, 0.25) is 0 Å². The fourth-order valence-corrected chi connectivity index (χ4v) is 2.83. The molecule has 20 heavy (non-hydrogen) atoms. The first-order valence-electron chi connectivity index (χ1n) is 5.71. The van der Waals surface area contributed by atoms with Crippen molar-refractivity contribution >= 4 is 22.4 Å². The molecule has 114 valence electrons. The minimum Gasteiger partial charge on any atom is -0.326 e. The van der Waals surface area contributed by atoms with Gasteiger partial charge in [0, 0.05) is 12.6 Å². The average Bonchev–Trinajstić information content (AvgIpc) is 3.17. The van der Waals surface area contributed by atoms with E-state index in [1.54, 1.807) is 0 Å². The second kappa shape index (κ2) is 6.30. The molecular weight excluding hydrogens is 317 g/mol. The highest BCUT2D eigenvalue weighted by Gasteiger charge is 2.30. The van der Waals surface area contributed by atoms with Gasteiger partial charge in [0.2, 0.25) is 10.0 Å². The summed E-state index contributed by atoms with van der Waals surface area (Å²) in [6.45, 7) is -0.0641. The van der Waals surface area contributed by atoms with Crippen LogP contribution < -0.4 is 10.5 Å². The molecule has 0 aliphatic heterocycles. The van der Waals surface area contributed by atoms with E-state index in [1.807, 2.05) is 0 Å². The largest absolute Gasteiger partial charge is 0.326 e. The summed E-state index contributed by atoms with van der Waals surface area (Å²) < 4.78 is 64.7. The van der Waals surface area contributed by atoms with Gasteiger partial charge in [-0.1, -0.05) is 0 Å². The zero-order valence-corrected chi connectivity index (χ0v) is 11.9. The molecule has 0 bridgehead atoms. The number of nitrogens with one attached hydrogen (secondary N) is 1. The predicted octanol–water partition coefficient (Wildman–Crippen LogP) is 1.54. The van der Waals surface area contributed by atoms with Crippen LogP contribution in [0.3, 0.4) is 0 Å². The lowest BCUT2D eigenvalue weighted by Gasteiger charge is -2.12. The second-order valence-electron chi connectivity index (χ2n) is 4.53. The van der Waals surface area contributed by atoms with Gasteiger partial charge in [-0.2, -0.15) is 0 Å². The monoisotopic (exact) mass is 330 g/mol. The predicted molar refractivity (Wildman–Crippen MR) is 69.5 cm³/mol. The molecule has 0 aromatic heterocycles. The minimum absolute atomic E-state index is 0. The number of halogens is 4. The van der Waals surface area contributed by atoms with Crippen LogP contribution in [-0.4, -0.2) is 21.0 Å². The Morgan fingerprint density at radius 1 is 1.25 bits per heavy atom. The quantitative estimate of drug-likeness (QED) is 0.804. The molecule has 1 atom stereocenters. The van der Waals surface area contributed by atoms with E-state index in [2.05, 4.69) is 4.72 Å². The summed E-state index contributed by atoms with van der Waals surface area (Å²) in [6, 6.07) is 0.884. The summed E-state index contributed by atoms with van der Waals surface area (Å²) in [7, 11) is -4.24. The number of hydrogen-bond acceptors (Lipinski definition) is 3. The van der Waals surface area contributed by atoms with E-state index in [1.165, 1.54) is 0 Å². The Morgan fingerprint density at radius 3 is 2.40 bits per heavy atom. The molecule has 1 aromatic carbocycles. The molecule has 1 unspecified atom stereocenters. The first-order valence-corrected chi connectivity index (χ1v) is 7.20. The van der Waals surface area contributed by atoms with Crippen molar-refractivity contribution in [3.63, 3.8) is 0 Å². The van der Waals surface area contributed by atoms with Crippen LogP contribution in [0.5, 0.6) is 0 Å². The number of nitrogens with two attached hydrogens (primary N) is 1. The number of rotatable bonds is 5. The summed E-state index contributed by atoms with van der Waals surface area (Å²) in [5.41, 5.74) is 5.70. The first kappa shape index (κ1) is 17.2. The van der Waals surface area contributed by atoms with Gasteiger partial charge in [0.25, 0.3) is 0 Å². The van der Waals surface area contributed by atoms with Crippen molar-refractivity contribution in [3.8, 4) is 0 Å². The molecule has 0 radical (unpaired) electrons. The fraction of sp³-hybridized carbons (Fsp3) is 0.455. The number of sulfonamides is 1. The van der Waals surface area contributed by atoms with Crippen molar-refractivity contribution in [2.75, 3.05) is 6.54 Å². The topological polar surface area (TPSA) is 72.2 Å². The smallest absolute Gasteiger partial charge is 0.243 e. The van der Waals surface area contributed by atoms with Crippen LogP contribution >= 0.6 is 12.4 Å². The zero-order chi connectivity index (χ0) is 14.2. The lowest BCUT2D eigenvalue weighted by Crippen LogP contribution is -2.38. The van der Waals surface area contributed by atoms with E-state index >= 15 is 0 Å². The average molecular weight is 331 g/mol. The van der Waals surface area contributed by atoms with Gasteiger partial charge in [0.05, 0.1) is 0 Å². The molecule has 3 N–H and O–H groups in total. The molecule has 1 saturated carbocycles. The van der Waals surface area contributed by atoms with E-state index in [-0.39, 0.29) is 30.9 Å². The Balaban J connectivity index is 0.00000200. The van der Waals surface area contributed by atoms with Gasteiger partial charge in [-0.25, -0.2) is 26.3 Å². The van der Waals surface area contributed by atoms with Gasteiger partial charge in [-0.15, -0.1) is 12.4 Å². The Hall–Kier alpha value is -0.830. The van der Waals surface area contributed by atoms with Crippen LogP contribution in [0, 0.1) is 23.4 Å².